The molecule has 2 aromatic rings. The van der Waals surface area contributed by atoms with E-state index < -0.39 is 5.56 Å². The number of piperidine rings is 1. The average Bonchev–Trinajstić information content (AvgIpc) is 3.52. The van der Waals surface area contributed by atoms with Crippen molar-refractivity contribution < 1.29 is 23.8 Å². The molecule has 1 aromatic carbocycles. The zero-order valence-corrected chi connectivity index (χ0v) is 24.0. The lowest BCUT2D eigenvalue weighted by Gasteiger charge is -2.35. The van der Waals surface area contributed by atoms with Gasteiger partial charge in [-0.1, -0.05) is 30.0 Å². The molecule has 0 spiro atoms. The van der Waals surface area contributed by atoms with Crippen molar-refractivity contribution in [1.82, 2.24) is 9.47 Å². The van der Waals surface area contributed by atoms with Gasteiger partial charge < -0.3 is 19.1 Å². The SMILES string of the molecule is CCOC(=O)C1CCCN(c2c(/C=C3/SC(=S)N(Cc4ccc5c(c4)OCO5)C3=O)c(C)c(C#N)c(=O)n2C)C1. The van der Waals surface area contributed by atoms with E-state index in [0.29, 0.717) is 63.8 Å². The average molecular weight is 581 g/mol. The molecule has 2 fully saturated rings. The van der Waals surface area contributed by atoms with Crippen LogP contribution in [0.2, 0.25) is 0 Å². The second-order valence-corrected chi connectivity index (χ2v) is 11.4. The van der Waals surface area contributed by atoms with E-state index in [-0.39, 0.29) is 36.7 Å². The zero-order chi connectivity index (χ0) is 28.6. The Labute approximate surface area is 241 Å². The van der Waals surface area contributed by atoms with Gasteiger partial charge in [0, 0.05) is 25.7 Å². The Hall–Kier alpha value is -3.82. The molecule has 2 saturated heterocycles. The highest BCUT2D eigenvalue weighted by Crippen LogP contribution is 2.38. The monoisotopic (exact) mass is 580 g/mol. The largest absolute Gasteiger partial charge is 0.466 e. The number of carbonyl (C=O) groups is 2. The van der Waals surface area contributed by atoms with Crippen molar-refractivity contribution >= 4 is 52.1 Å². The fraction of sp³-hybridized carbons (Fsp3) is 0.393. The summed E-state index contributed by atoms with van der Waals surface area (Å²) in [6.45, 7) is 5.16. The molecule has 12 heteroatoms. The standard InChI is InChI=1S/C28H28N4O6S2/c1-4-36-27(35)18-6-5-9-31(14-18)24-19(16(2)20(12-29)25(33)30(24)3)11-23-26(34)32(28(39)40-23)13-17-7-8-21-22(10-17)38-15-37-21/h7-8,10-11,18H,4-6,9,13-15H2,1-3H3/b23-11+. The lowest BCUT2D eigenvalue weighted by atomic mass is 9.96. The third-order valence-corrected chi connectivity index (χ3v) is 8.61. The van der Waals surface area contributed by atoms with Gasteiger partial charge in [-0.3, -0.25) is 23.9 Å². The van der Waals surface area contributed by atoms with E-state index in [0.717, 1.165) is 12.0 Å². The lowest BCUT2D eigenvalue weighted by molar-refractivity contribution is -0.148. The molecule has 5 rings (SSSR count). The third-order valence-electron chi connectivity index (χ3n) is 7.24. The Morgan fingerprint density at radius 2 is 2.08 bits per heavy atom. The fourth-order valence-corrected chi connectivity index (χ4v) is 6.44. The van der Waals surface area contributed by atoms with Gasteiger partial charge in [0.15, 0.2) is 11.5 Å². The molecular formula is C28H28N4O6S2. The summed E-state index contributed by atoms with van der Waals surface area (Å²) in [6.07, 6.45) is 3.12. The molecule has 1 unspecified atom stereocenters. The van der Waals surface area contributed by atoms with Crippen LogP contribution in [-0.4, -0.2) is 52.2 Å². The maximum Gasteiger partial charge on any atom is 0.310 e. The maximum atomic E-state index is 13.6. The molecule has 0 bridgehead atoms. The first-order valence-corrected chi connectivity index (χ1v) is 14.1. The van der Waals surface area contributed by atoms with E-state index in [9.17, 15) is 19.6 Å². The van der Waals surface area contributed by atoms with E-state index >= 15 is 0 Å². The van der Waals surface area contributed by atoms with E-state index in [1.165, 1.54) is 21.2 Å². The number of esters is 1. The number of pyridine rings is 1. The number of rotatable bonds is 6. The molecule has 3 aliphatic heterocycles. The molecule has 40 heavy (non-hydrogen) atoms. The van der Waals surface area contributed by atoms with Crippen molar-refractivity contribution in [1.29, 1.82) is 5.26 Å². The van der Waals surface area contributed by atoms with Crippen LogP contribution in [0.3, 0.4) is 0 Å². The van der Waals surface area contributed by atoms with Crippen molar-refractivity contribution in [2.24, 2.45) is 13.0 Å². The van der Waals surface area contributed by atoms with E-state index in [1.54, 1.807) is 33.0 Å². The number of anilines is 1. The predicted molar refractivity (Wildman–Crippen MR) is 154 cm³/mol. The second kappa shape index (κ2) is 11.3. The van der Waals surface area contributed by atoms with Crippen LogP contribution in [0.15, 0.2) is 27.9 Å². The van der Waals surface area contributed by atoms with Crippen LogP contribution < -0.4 is 19.9 Å². The molecule has 208 valence electrons. The molecule has 1 amide bonds. The van der Waals surface area contributed by atoms with Gasteiger partial charge in [-0.05, 0) is 56.0 Å². The van der Waals surface area contributed by atoms with E-state index in [2.05, 4.69) is 0 Å². The topological polar surface area (TPSA) is 114 Å². The number of nitriles is 1. The molecule has 10 nitrogen and oxygen atoms in total. The summed E-state index contributed by atoms with van der Waals surface area (Å²) in [5, 5.41) is 9.77. The quantitative estimate of drug-likeness (QED) is 0.286. The van der Waals surface area contributed by atoms with Crippen LogP contribution in [0.4, 0.5) is 5.82 Å². The highest BCUT2D eigenvalue weighted by Gasteiger charge is 2.35. The predicted octanol–water partition coefficient (Wildman–Crippen LogP) is 3.48. The minimum atomic E-state index is -0.430. The summed E-state index contributed by atoms with van der Waals surface area (Å²) in [6, 6.07) is 7.51. The van der Waals surface area contributed by atoms with Gasteiger partial charge in [-0.2, -0.15) is 5.26 Å². The molecule has 3 aliphatic rings. The van der Waals surface area contributed by atoms with Gasteiger partial charge in [-0.25, -0.2) is 0 Å². The number of ether oxygens (including phenoxy) is 3. The van der Waals surface area contributed by atoms with Crippen molar-refractivity contribution in [3.63, 3.8) is 0 Å². The number of thiocarbonyl (C=S) groups is 1. The summed E-state index contributed by atoms with van der Waals surface area (Å²) < 4.78 is 17.9. The number of fused-ring (bicyclic) bond motifs is 1. The first kappa shape index (κ1) is 27.7. The highest BCUT2D eigenvalue weighted by atomic mass is 32.2. The van der Waals surface area contributed by atoms with Crippen LogP contribution in [0.25, 0.3) is 6.08 Å². The summed E-state index contributed by atoms with van der Waals surface area (Å²) in [5.74, 6) is 0.949. The smallest absolute Gasteiger partial charge is 0.310 e. The molecule has 0 saturated carbocycles. The van der Waals surface area contributed by atoms with E-state index in [4.69, 9.17) is 26.4 Å². The number of thioether (sulfide) groups is 1. The van der Waals surface area contributed by atoms with Crippen LogP contribution in [-0.2, 0) is 27.9 Å². The van der Waals surface area contributed by atoms with Gasteiger partial charge in [0.25, 0.3) is 11.5 Å². The van der Waals surface area contributed by atoms with Gasteiger partial charge >= 0.3 is 5.97 Å². The van der Waals surface area contributed by atoms with Crippen LogP contribution in [0.5, 0.6) is 11.5 Å². The Bertz CT molecular complexity index is 1540. The third kappa shape index (κ3) is 5.07. The van der Waals surface area contributed by atoms with Crippen LogP contribution >= 0.6 is 24.0 Å². The fourth-order valence-electron chi connectivity index (χ4n) is 5.21. The van der Waals surface area contributed by atoms with Crippen molar-refractivity contribution in [3.05, 3.63) is 55.7 Å². The number of nitrogens with zero attached hydrogens (tertiary/aromatic N) is 4. The first-order chi connectivity index (χ1) is 19.2. The molecule has 1 atom stereocenters. The second-order valence-electron chi connectivity index (χ2n) is 9.71. The Morgan fingerprint density at radius 3 is 2.83 bits per heavy atom. The minimum absolute atomic E-state index is 0.00675. The van der Waals surface area contributed by atoms with Gasteiger partial charge in [0.2, 0.25) is 6.79 Å². The van der Waals surface area contributed by atoms with E-state index in [1.807, 2.05) is 23.1 Å². The molecule has 0 N–H and O–H groups in total. The summed E-state index contributed by atoms with van der Waals surface area (Å²) in [5.41, 5.74) is 1.46. The Morgan fingerprint density at radius 1 is 1.30 bits per heavy atom. The number of hydrogen-bond donors (Lipinski definition) is 0. The number of amides is 1. The van der Waals surface area contributed by atoms with Crippen molar-refractivity contribution in [2.75, 3.05) is 31.4 Å². The number of carbonyl (C=O) groups excluding carboxylic acids is 2. The maximum absolute atomic E-state index is 13.6. The van der Waals surface area contributed by atoms with Crippen LogP contribution in [0, 0.1) is 24.2 Å². The van der Waals surface area contributed by atoms with Gasteiger partial charge in [0.1, 0.15) is 21.8 Å². The van der Waals surface area contributed by atoms with Gasteiger partial charge in [0.05, 0.1) is 24.0 Å². The molecule has 0 radical (unpaired) electrons. The molecular weight excluding hydrogens is 552 g/mol. The number of benzene rings is 1. The molecule has 0 aliphatic carbocycles. The summed E-state index contributed by atoms with van der Waals surface area (Å²) in [4.78, 5) is 43.1. The van der Waals surface area contributed by atoms with Gasteiger partial charge in [-0.15, -0.1) is 0 Å². The van der Waals surface area contributed by atoms with Crippen molar-refractivity contribution in [2.45, 2.75) is 33.2 Å². The summed E-state index contributed by atoms with van der Waals surface area (Å²) in [7, 11) is 1.61. The highest BCUT2D eigenvalue weighted by molar-refractivity contribution is 8.26. The zero-order valence-electron chi connectivity index (χ0n) is 22.4. The lowest BCUT2D eigenvalue weighted by Crippen LogP contribution is -2.42. The number of hydrogen-bond acceptors (Lipinski definition) is 10. The minimum Gasteiger partial charge on any atom is -0.466 e. The molecule has 1 aromatic heterocycles. The summed E-state index contributed by atoms with van der Waals surface area (Å²) >= 11 is 6.74. The Kier molecular flexibility index (Phi) is 7.87. The molecule has 4 heterocycles. The normalized spacial score (nSPS) is 19.4. The van der Waals surface area contributed by atoms with Crippen LogP contribution in [0.1, 0.15) is 42.0 Å². The Balaban J connectivity index is 1.51. The van der Waals surface area contributed by atoms with Crippen molar-refractivity contribution in [3.8, 4) is 17.6 Å². The number of aromatic nitrogens is 1. The first-order valence-electron chi connectivity index (χ1n) is 12.9.